The molecule has 0 aliphatic carbocycles. The third-order valence-corrected chi connectivity index (χ3v) is 2.62. The molecule has 0 spiro atoms. The maximum atomic E-state index is 11.2. The molecule has 0 heterocycles. The average molecular weight is 276 g/mol. The van der Waals surface area contributed by atoms with Gasteiger partial charge >= 0.3 is 0 Å². The van der Waals surface area contributed by atoms with Crippen LogP contribution in [0, 0.1) is 0 Å². The predicted octanol–water partition coefficient (Wildman–Crippen LogP) is 1.18. The molecule has 1 amide bonds. The molecule has 0 aromatic heterocycles. The van der Waals surface area contributed by atoms with Crippen molar-refractivity contribution in [2.45, 2.75) is 12.8 Å². The van der Waals surface area contributed by atoms with Crippen molar-refractivity contribution in [2.75, 3.05) is 14.1 Å². The molecule has 108 valence electrons. The summed E-state index contributed by atoms with van der Waals surface area (Å²) in [6, 6.07) is 10.1. The zero-order chi connectivity index (χ0) is 15.0. The Hall–Kier alpha value is -2.34. The van der Waals surface area contributed by atoms with E-state index < -0.39 is 5.91 Å². The van der Waals surface area contributed by atoms with Gasteiger partial charge < -0.3 is 5.73 Å². The maximum absolute atomic E-state index is 11.2. The van der Waals surface area contributed by atoms with Gasteiger partial charge in [-0.25, -0.2) is 5.06 Å². The van der Waals surface area contributed by atoms with E-state index in [-0.39, 0.29) is 5.82 Å². The number of hydrazone groups is 1. The zero-order valence-electron chi connectivity index (χ0n) is 11.7. The van der Waals surface area contributed by atoms with Crippen LogP contribution in [0.5, 0.6) is 0 Å². The van der Waals surface area contributed by atoms with Gasteiger partial charge in [0, 0.05) is 26.4 Å². The number of hydroxylamine groups is 2. The normalized spacial score (nSPS) is 11.7. The molecule has 1 aromatic rings. The highest BCUT2D eigenvalue weighted by atomic mass is 16.5. The van der Waals surface area contributed by atoms with Crippen LogP contribution in [0.15, 0.2) is 47.3 Å². The molecule has 0 unspecified atom stereocenters. The van der Waals surface area contributed by atoms with Gasteiger partial charge in [0.2, 0.25) is 0 Å². The molecule has 0 aliphatic heterocycles. The molecule has 0 bridgehead atoms. The Labute approximate surface area is 118 Å². The topological polar surface area (TPSA) is 82.2 Å². The van der Waals surface area contributed by atoms with Crippen molar-refractivity contribution in [1.29, 1.82) is 0 Å². The summed E-state index contributed by atoms with van der Waals surface area (Å²) in [6.45, 7) is 0. The second-order valence-electron chi connectivity index (χ2n) is 4.28. The Kier molecular flexibility index (Phi) is 6.25. The highest BCUT2D eigenvalue weighted by Gasteiger charge is 2.04. The first-order valence-electron chi connectivity index (χ1n) is 6.24. The number of benzene rings is 1. The van der Waals surface area contributed by atoms with Crippen molar-refractivity contribution in [3.63, 3.8) is 0 Å². The Morgan fingerprint density at radius 2 is 2.00 bits per heavy atom. The number of nitrogens with zero attached hydrogens (tertiary/aromatic N) is 3. The summed E-state index contributed by atoms with van der Waals surface area (Å²) in [7, 11) is 2.87. The van der Waals surface area contributed by atoms with E-state index in [0.29, 0.717) is 5.06 Å². The van der Waals surface area contributed by atoms with Crippen LogP contribution in [0.2, 0.25) is 0 Å². The van der Waals surface area contributed by atoms with Crippen LogP contribution in [0.25, 0.3) is 0 Å². The minimum atomic E-state index is -0.603. The molecular weight excluding hydrogens is 256 g/mol. The van der Waals surface area contributed by atoms with E-state index in [1.807, 2.05) is 18.2 Å². The molecule has 20 heavy (non-hydrogen) atoms. The van der Waals surface area contributed by atoms with Gasteiger partial charge in [0.1, 0.15) is 5.82 Å². The molecule has 6 nitrogen and oxygen atoms in total. The number of carbonyl (C=O) groups is 1. The predicted molar refractivity (Wildman–Crippen MR) is 77.8 cm³/mol. The van der Waals surface area contributed by atoms with Gasteiger partial charge in [0.05, 0.1) is 0 Å². The van der Waals surface area contributed by atoms with Gasteiger partial charge in [-0.3, -0.25) is 15.0 Å². The highest BCUT2D eigenvalue weighted by Crippen LogP contribution is 2.01. The molecular formula is C14H20N4O2. The maximum Gasteiger partial charge on any atom is 0.273 e. The Bertz CT molecular complexity index is 483. The van der Waals surface area contributed by atoms with Crippen LogP contribution in [0.4, 0.5) is 0 Å². The molecule has 0 radical (unpaired) electrons. The van der Waals surface area contributed by atoms with E-state index in [1.165, 1.54) is 17.6 Å². The van der Waals surface area contributed by atoms with Crippen LogP contribution >= 0.6 is 0 Å². The molecule has 6 heteroatoms. The first kappa shape index (κ1) is 15.7. The minimum absolute atomic E-state index is 0.159. The van der Waals surface area contributed by atoms with E-state index in [4.69, 9.17) is 10.9 Å². The number of amides is 1. The third-order valence-electron chi connectivity index (χ3n) is 2.62. The Morgan fingerprint density at radius 3 is 2.60 bits per heavy atom. The number of hydrogen-bond acceptors (Lipinski definition) is 5. The van der Waals surface area contributed by atoms with E-state index in [2.05, 4.69) is 17.2 Å². The fraction of sp³-hybridized carbons (Fsp3) is 0.286. The second-order valence-corrected chi connectivity index (χ2v) is 4.28. The molecule has 0 aliphatic rings. The lowest BCUT2D eigenvalue weighted by atomic mass is 10.1. The summed E-state index contributed by atoms with van der Waals surface area (Å²) in [4.78, 5) is 11.2. The molecule has 0 saturated carbocycles. The molecule has 0 atom stereocenters. The van der Waals surface area contributed by atoms with Gasteiger partial charge in [-0.2, -0.15) is 5.10 Å². The first-order chi connectivity index (χ1) is 9.50. The van der Waals surface area contributed by atoms with E-state index in [9.17, 15) is 4.79 Å². The minimum Gasteiger partial charge on any atom is -0.384 e. The van der Waals surface area contributed by atoms with Gasteiger partial charge in [-0.1, -0.05) is 30.3 Å². The average Bonchev–Trinajstić information content (AvgIpc) is 2.44. The highest BCUT2D eigenvalue weighted by molar-refractivity contribution is 5.86. The van der Waals surface area contributed by atoms with Crippen molar-refractivity contribution in [3.8, 4) is 0 Å². The summed E-state index contributed by atoms with van der Waals surface area (Å²) in [5, 5.41) is 14.9. The summed E-state index contributed by atoms with van der Waals surface area (Å²) >= 11 is 0. The number of carbonyl (C=O) groups excluding carboxylic acids is 1. The second kappa shape index (κ2) is 7.96. The Morgan fingerprint density at radius 1 is 1.35 bits per heavy atom. The molecule has 1 aromatic carbocycles. The van der Waals surface area contributed by atoms with Crippen LogP contribution in [-0.2, 0) is 11.2 Å². The van der Waals surface area contributed by atoms with Crippen molar-refractivity contribution in [1.82, 2.24) is 10.1 Å². The molecule has 0 fully saturated rings. The van der Waals surface area contributed by atoms with Gasteiger partial charge in [0.15, 0.2) is 0 Å². The van der Waals surface area contributed by atoms with Crippen LogP contribution < -0.4 is 5.73 Å². The van der Waals surface area contributed by atoms with E-state index >= 15 is 0 Å². The lowest BCUT2D eigenvalue weighted by Crippen LogP contribution is -2.25. The quantitative estimate of drug-likeness (QED) is 0.354. The lowest BCUT2D eigenvalue weighted by Gasteiger charge is -2.13. The first-order valence-corrected chi connectivity index (χ1v) is 6.24. The van der Waals surface area contributed by atoms with Gasteiger partial charge in [0.25, 0.3) is 5.91 Å². The van der Waals surface area contributed by atoms with Crippen molar-refractivity contribution >= 4 is 12.1 Å². The van der Waals surface area contributed by atoms with Gasteiger partial charge in [-0.15, -0.1) is 0 Å². The fourth-order valence-corrected chi connectivity index (χ4v) is 1.44. The standard InChI is InChI=1S/C14H20N4O2/c1-17(13(15)11-14(19)18(2)20)16-10-6-9-12-7-4-3-5-8-12/h3-5,7-8,10-11,20H,6,9,15H2,1-2H3/b13-11+,16-10+. The third kappa shape index (κ3) is 5.53. The number of hydrogen-bond donors (Lipinski definition) is 2. The number of rotatable bonds is 6. The molecule has 1 rings (SSSR count). The van der Waals surface area contributed by atoms with Crippen LogP contribution in [0.3, 0.4) is 0 Å². The van der Waals surface area contributed by atoms with E-state index in [1.54, 1.807) is 13.3 Å². The lowest BCUT2D eigenvalue weighted by molar-refractivity contribution is -0.153. The SMILES string of the molecule is CN(O)C(=O)/C=C(\N)N(C)/N=C/CCc1ccccc1. The summed E-state index contributed by atoms with van der Waals surface area (Å²) < 4.78 is 0. The molecule has 3 N–H and O–H groups in total. The fourth-order valence-electron chi connectivity index (χ4n) is 1.44. The summed E-state index contributed by atoms with van der Waals surface area (Å²) in [6.07, 6.45) is 4.50. The monoisotopic (exact) mass is 276 g/mol. The largest absolute Gasteiger partial charge is 0.384 e. The van der Waals surface area contributed by atoms with Crippen molar-refractivity contribution < 1.29 is 10.0 Å². The van der Waals surface area contributed by atoms with Crippen molar-refractivity contribution in [2.24, 2.45) is 10.8 Å². The number of likely N-dealkylation sites (N-methyl/N-ethyl adjacent to an activating group) is 1. The smallest absolute Gasteiger partial charge is 0.273 e. The van der Waals surface area contributed by atoms with E-state index in [0.717, 1.165) is 18.9 Å². The van der Waals surface area contributed by atoms with Crippen LogP contribution in [-0.4, -0.2) is 41.5 Å². The van der Waals surface area contributed by atoms with Crippen molar-refractivity contribution in [3.05, 3.63) is 47.8 Å². The Balaban J connectivity index is 2.43. The van der Waals surface area contributed by atoms with Crippen LogP contribution in [0.1, 0.15) is 12.0 Å². The zero-order valence-corrected chi connectivity index (χ0v) is 11.7. The number of nitrogens with two attached hydrogens (primary N) is 1. The molecule has 0 saturated heterocycles. The van der Waals surface area contributed by atoms with Gasteiger partial charge in [-0.05, 0) is 18.4 Å². The number of aryl methyl sites for hydroxylation is 1. The summed E-state index contributed by atoms with van der Waals surface area (Å²) in [5.74, 6) is -0.444. The summed E-state index contributed by atoms with van der Waals surface area (Å²) in [5.41, 5.74) is 6.90.